The molecule has 1 aliphatic heterocycles. The van der Waals surface area contributed by atoms with Crippen LogP contribution in [0, 0.1) is 5.92 Å². The summed E-state index contributed by atoms with van der Waals surface area (Å²) in [6, 6.07) is 10.6. The summed E-state index contributed by atoms with van der Waals surface area (Å²) in [5.41, 5.74) is 2.43. The molecule has 0 saturated carbocycles. The number of rotatable bonds is 7. The molecule has 1 saturated heterocycles. The van der Waals surface area contributed by atoms with Gasteiger partial charge in [0.15, 0.2) is 0 Å². The minimum absolute atomic E-state index is 0. The number of carbonyl (C=O) groups is 1. The largest absolute Gasteiger partial charge is 0.355 e. The van der Waals surface area contributed by atoms with Crippen molar-refractivity contribution in [2.75, 3.05) is 19.6 Å². The third-order valence-corrected chi connectivity index (χ3v) is 6.04. The smallest absolute Gasteiger partial charge is 0.225 e. The van der Waals surface area contributed by atoms with Crippen molar-refractivity contribution in [2.45, 2.75) is 38.0 Å². The second-order valence-electron chi connectivity index (χ2n) is 7.39. The van der Waals surface area contributed by atoms with Gasteiger partial charge in [0.05, 0.1) is 12.1 Å². The molecule has 148 valence electrons. The number of halogens is 1. The number of amides is 1. The van der Waals surface area contributed by atoms with E-state index in [0.717, 1.165) is 31.5 Å². The first kappa shape index (κ1) is 21.5. The zero-order valence-corrected chi connectivity index (χ0v) is 17.3. The molecule has 0 bridgehead atoms. The van der Waals surface area contributed by atoms with Crippen LogP contribution in [0.25, 0.3) is 0 Å². The fourth-order valence-corrected chi connectivity index (χ4v) is 4.13. The Morgan fingerprint density at radius 1 is 1.26 bits per heavy atom. The first-order chi connectivity index (χ1) is 12.6. The number of hydrogen-bond donors (Lipinski definition) is 2. The van der Waals surface area contributed by atoms with E-state index in [1.807, 2.05) is 25.5 Å². The van der Waals surface area contributed by atoms with Crippen LogP contribution in [-0.2, 0) is 17.3 Å². The number of aryl methyl sites for hydroxylation is 1. The number of carbonyl (C=O) groups excluding carboxylic acids is 1. The topological polar surface area (TPSA) is 59.0 Å². The van der Waals surface area contributed by atoms with Crippen LogP contribution in [0.4, 0.5) is 0 Å². The summed E-state index contributed by atoms with van der Waals surface area (Å²) in [5, 5.41) is 10.9. The third-order valence-electron chi connectivity index (χ3n) is 6.04. The summed E-state index contributed by atoms with van der Waals surface area (Å²) in [5.74, 6) is 0.297. The minimum atomic E-state index is -0.0404. The summed E-state index contributed by atoms with van der Waals surface area (Å²) in [4.78, 5) is 13.0. The van der Waals surface area contributed by atoms with Gasteiger partial charge < -0.3 is 10.6 Å². The molecular formula is C21H31ClN4O. The lowest BCUT2D eigenvalue weighted by Crippen LogP contribution is -2.43. The lowest BCUT2D eigenvalue weighted by atomic mass is 9.75. The van der Waals surface area contributed by atoms with Crippen molar-refractivity contribution >= 4 is 18.3 Å². The number of nitrogens with one attached hydrogen (secondary N) is 2. The number of hydrogen-bond acceptors (Lipinski definition) is 3. The van der Waals surface area contributed by atoms with Crippen LogP contribution in [0.15, 0.2) is 42.7 Å². The van der Waals surface area contributed by atoms with Gasteiger partial charge in [-0.05, 0) is 24.0 Å². The van der Waals surface area contributed by atoms with Gasteiger partial charge in [0, 0.05) is 44.2 Å². The standard InChI is InChI=1S/C21H30N4O.ClH/c1-4-21(5-2,17-9-7-6-8-10-17)15-23-20(26)19-13-22-12-18(19)16-11-24-25(3)14-16;/h6-11,14,18-19,22H,4-5,12-13,15H2,1-3H3,(H,23,26);1H/t18-,19+;/m1./s1. The Kier molecular flexibility index (Phi) is 7.45. The molecule has 0 radical (unpaired) electrons. The first-order valence-electron chi connectivity index (χ1n) is 9.62. The molecule has 2 heterocycles. The highest BCUT2D eigenvalue weighted by Crippen LogP contribution is 2.32. The van der Waals surface area contributed by atoms with E-state index in [2.05, 4.69) is 53.8 Å². The third kappa shape index (κ3) is 4.53. The van der Waals surface area contributed by atoms with Gasteiger partial charge in [-0.2, -0.15) is 5.10 Å². The van der Waals surface area contributed by atoms with Crippen LogP contribution in [0.2, 0.25) is 0 Å². The molecule has 2 aromatic rings. The maximum absolute atomic E-state index is 13.0. The van der Waals surface area contributed by atoms with Crippen LogP contribution in [0.1, 0.15) is 43.7 Å². The van der Waals surface area contributed by atoms with Crippen molar-refractivity contribution in [1.82, 2.24) is 20.4 Å². The molecule has 1 fully saturated rings. The average Bonchev–Trinajstić information content (AvgIpc) is 3.32. The molecule has 3 rings (SSSR count). The summed E-state index contributed by atoms with van der Waals surface area (Å²) >= 11 is 0. The van der Waals surface area contributed by atoms with E-state index in [1.165, 1.54) is 5.56 Å². The Bertz CT molecular complexity index is 727. The van der Waals surface area contributed by atoms with E-state index in [4.69, 9.17) is 0 Å². The van der Waals surface area contributed by atoms with Gasteiger partial charge in [-0.1, -0.05) is 44.2 Å². The number of aromatic nitrogens is 2. The Morgan fingerprint density at radius 3 is 2.56 bits per heavy atom. The van der Waals surface area contributed by atoms with Gasteiger partial charge in [0.1, 0.15) is 0 Å². The van der Waals surface area contributed by atoms with Crippen LogP contribution in [0.3, 0.4) is 0 Å². The molecule has 1 aromatic carbocycles. The zero-order chi connectivity index (χ0) is 18.6. The molecule has 1 aromatic heterocycles. The van der Waals surface area contributed by atoms with E-state index in [0.29, 0.717) is 6.54 Å². The second-order valence-corrected chi connectivity index (χ2v) is 7.39. The summed E-state index contributed by atoms with van der Waals surface area (Å²) in [6.45, 7) is 6.65. The summed E-state index contributed by atoms with van der Waals surface area (Å²) in [6.07, 6.45) is 5.90. The highest BCUT2D eigenvalue weighted by molar-refractivity contribution is 5.85. The van der Waals surface area contributed by atoms with E-state index in [-0.39, 0.29) is 35.6 Å². The highest BCUT2D eigenvalue weighted by Gasteiger charge is 2.36. The summed E-state index contributed by atoms with van der Waals surface area (Å²) < 4.78 is 1.80. The molecule has 0 aliphatic carbocycles. The van der Waals surface area contributed by atoms with Gasteiger partial charge in [0.25, 0.3) is 0 Å². The van der Waals surface area contributed by atoms with Crippen LogP contribution in [-0.4, -0.2) is 35.3 Å². The van der Waals surface area contributed by atoms with E-state index in [9.17, 15) is 4.79 Å². The quantitative estimate of drug-likeness (QED) is 0.764. The molecule has 0 unspecified atom stereocenters. The first-order valence-corrected chi connectivity index (χ1v) is 9.62. The SMILES string of the molecule is CCC(CC)(CNC(=O)[C@H]1CNC[C@@H]1c1cnn(C)c1)c1ccccc1.Cl. The molecule has 2 N–H and O–H groups in total. The van der Waals surface area contributed by atoms with Gasteiger partial charge in [-0.3, -0.25) is 9.48 Å². The molecule has 2 atom stereocenters. The molecule has 1 aliphatic rings. The zero-order valence-electron chi connectivity index (χ0n) is 16.4. The fourth-order valence-electron chi connectivity index (χ4n) is 4.13. The van der Waals surface area contributed by atoms with E-state index >= 15 is 0 Å². The molecule has 0 spiro atoms. The van der Waals surface area contributed by atoms with Gasteiger partial charge in [-0.25, -0.2) is 0 Å². The number of nitrogens with zero attached hydrogens (tertiary/aromatic N) is 2. The molecule has 6 heteroatoms. The minimum Gasteiger partial charge on any atom is -0.355 e. The van der Waals surface area contributed by atoms with Gasteiger partial charge in [0.2, 0.25) is 5.91 Å². The van der Waals surface area contributed by atoms with Crippen molar-refractivity contribution in [1.29, 1.82) is 0 Å². The second kappa shape index (κ2) is 9.38. The normalized spacial score (nSPS) is 19.5. The molecule has 1 amide bonds. The van der Waals surface area contributed by atoms with E-state index < -0.39 is 0 Å². The number of benzene rings is 1. The Balaban J connectivity index is 0.00000261. The van der Waals surface area contributed by atoms with Crippen molar-refractivity contribution in [3.63, 3.8) is 0 Å². The average molecular weight is 391 g/mol. The van der Waals surface area contributed by atoms with Crippen molar-refractivity contribution < 1.29 is 4.79 Å². The van der Waals surface area contributed by atoms with Crippen molar-refractivity contribution in [3.05, 3.63) is 53.9 Å². The lowest BCUT2D eigenvalue weighted by Gasteiger charge is -2.33. The Hall–Kier alpha value is -1.85. The van der Waals surface area contributed by atoms with Gasteiger partial charge >= 0.3 is 0 Å². The van der Waals surface area contributed by atoms with Crippen LogP contribution >= 0.6 is 12.4 Å². The molecule has 5 nitrogen and oxygen atoms in total. The lowest BCUT2D eigenvalue weighted by molar-refractivity contribution is -0.125. The van der Waals surface area contributed by atoms with E-state index in [1.54, 1.807) is 4.68 Å². The van der Waals surface area contributed by atoms with Crippen molar-refractivity contribution in [3.8, 4) is 0 Å². The Morgan fingerprint density at radius 2 is 1.96 bits per heavy atom. The predicted octanol–water partition coefficient (Wildman–Crippen LogP) is 3.02. The van der Waals surface area contributed by atoms with Gasteiger partial charge in [-0.15, -0.1) is 12.4 Å². The monoisotopic (exact) mass is 390 g/mol. The Labute approximate surface area is 168 Å². The van der Waals surface area contributed by atoms with Crippen LogP contribution in [0.5, 0.6) is 0 Å². The van der Waals surface area contributed by atoms with Crippen LogP contribution < -0.4 is 10.6 Å². The summed E-state index contributed by atoms with van der Waals surface area (Å²) in [7, 11) is 1.91. The highest BCUT2D eigenvalue weighted by atomic mass is 35.5. The maximum Gasteiger partial charge on any atom is 0.225 e. The molecule has 27 heavy (non-hydrogen) atoms. The predicted molar refractivity (Wildman–Crippen MR) is 111 cm³/mol. The molecular weight excluding hydrogens is 360 g/mol. The fraction of sp³-hybridized carbons (Fsp3) is 0.524. The van der Waals surface area contributed by atoms with Crippen molar-refractivity contribution in [2.24, 2.45) is 13.0 Å². The maximum atomic E-state index is 13.0.